The molecule has 0 bridgehead atoms. The van der Waals surface area contributed by atoms with Gasteiger partial charge < -0.3 is 14.5 Å². The van der Waals surface area contributed by atoms with Crippen molar-refractivity contribution in [3.8, 4) is 0 Å². The van der Waals surface area contributed by atoms with Crippen LogP contribution >= 0.6 is 0 Å². The van der Waals surface area contributed by atoms with E-state index in [-0.39, 0.29) is 18.2 Å². The van der Waals surface area contributed by atoms with E-state index in [0.717, 1.165) is 41.2 Å². The van der Waals surface area contributed by atoms with Gasteiger partial charge >= 0.3 is 0 Å². The summed E-state index contributed by atoms with van der Waals surface area (Å²) >= 11 is 0. The smallest absolute Gasteiger partial charge is 0.270 e. The number of ether oxygens (including phenoxy) is 1. The summed E-state index contributed by atoms with van der Waals surface area (Å²) in [4.78, 5) is 29.8. The summed E-state index contributed by atoms with van der Waals surface area (Å²) in [6, 6.07) is 14.1. The normalized spacial score (nSPS) is 16.7. The molecule has 0 radical (unpaired) electrons. The van der Waals surface area contributed by atoms with Gasteiger partial charge in [-0.25, -0.2) is 5.01 Å². The Balaban J connectivity index is 1.54. The van der Waals surface area contributed by atoms with Crippen LogP contribution in [0.5, 0.6) is 0 Å². The first-order valence-corrected chi connectivity index (χ1v) is 11.1. The van der Waals surface area contributed by atoms with E-state index in [9.17, 15) is 9.59 Å². The maximum Gasteiger partial charge on any atom is 0.270 e. The molecule has 2 aliphatic heterocycles. The zero-order chi connectivity index (χ0) is 22.7. The fraction of sp³-hybridized carbons (Fsp3) is 0.400. The Morgan fingerprint density at radius 1 is 1.06 bits per heavy atom. The average molecular weight is 435 g/mol. The summed E-state index contributed by atoms with van der Waals surface area (Å²) in [6.07, 6.45) is 0.630. The van der Waals surface area contributed by atoms with Crippen LogP contribution in [0.2, 0.25) is 0 Å². The van der Waals surface area contributed by atoms with Gasteiger partial charge in [0.05, 0.1) is 18.9 Å². The molecule has 7 nitrogen and oxygen atoms in total. The molecule has 2 amide bonds. The lowest BCUT2D eigenvalue weighted by molar-refractivity contribution is -0.123. The molecule has 2 heterocycles. The Labute approximate surface area is 189 Å². The van der Waals surface area contributed by atoms with Crippen molar-refractivity contribution in [1.82, 2.24) is 4.90 Å². The van der Waals surface area contributed by atoms with E-state index in [2.05, 4.69) is 22.1 Å². The van der Waals surface area contributed by atoms with E-state index in [1.807, 2.05) is 44.2 Å². The van der Waals surface area contributed by atoms with Crippen LogP contribution in [-0.2, 0) is 20.9 Å². The van der Waals surface area contributed by atoms with Crippen molar-refractivity contribution in [2.24, 2.45) is 5.10 Å². The molecular formula is C25H30N4O3. The minimum absolute atomic E-state index is 0.0874. The van der Waals surface area contributed by atoms with E-state index < -0.39 is 0 Å². The highest BCUT2D eigenvalue weighted by Crippen LogP contribution is 2.26. The molecule has 0 aromatic heterocycles. The maximum absolute atomic E-state index is 13.2. The molecule has 0 atom stereocenters. The van der Waals surface area contributed by atoms with Crippen molar-refractivity contribution in [3.63, 3.8) is 0 Å². The Bertz CT molecular complexity index is 1040. The highest BCUT2D eigenvalue weighted by Gasteiger charge is 2.28. The van der Waals surface area contributed by atoms with Gasteiger partial charge in [0, 0.05) is 45.2 Å². The SMILES string of the molecule is Cc1ccc(C)c(N2N=C(C(=O)N(C)Cc3ccccc3N3CCOCC3)CCC2=O)c1. The predicted octanol–water partition coefficient (Wildman–Crippen LogP) is 3.28. The molecule has 2 aliphatic rings. The summed E-state index contributed by atoms with van der Waals surface area (Å²) < 4.78 is 5.48. The number of morpholine rings is 1. The first-order chi connectivity index (χ1) is 15.4. The number of rotatable bonds is 5. The lowest BCUT2D eigenvalue weighted by Gasteiger charge is -2.32. The highest BCUT2D eigenvalue weighted by molar-refractivity contribution is 6.40. The molecule has 1 fully saturated rings. The fourth-order valence-electron chi connectivity index (χ4n) is 4.15. The van der Waals surface area contributed by atoms with Gasteiger partial charge in [-0.1, -0.05) is 30.3 Å². The number of amides is 2. The quantitative estimate of drug-likeness (QED) is 0.725. The van der Waals surface area contributed by atoms with E-state index in [0.29, 0.717) is 31.9 Å². The number of anilines is 2. The molecule has 0 aliphatic carbocycles. The number of hydrazone groups is 1. The number of carbonyl (C=O) groups excluding carboxylic acids is 2. The van der Waals surface area contributed by atoms with Crippen LogP contribution in [0.4, 0.5) is 11.4 Å². The molecule has 0 N–H and O–H groups in total. The molecule has 4 rings (SSSR count). The number of aryl methyl sites for hydroxylation is 2. The number of carbonyl (C=O) groups is 2. The van der Waals surface area contributed by atoms with Crippen LogP contribution in [0.15, 0.2) is 47.6 Å². The van der Waals surface area contributed by atoms with Crippen molar-refractivity contribution in [3.05, 3.63) is 59.2 Å². The third kappa shape index (κ3) is 4.67. The molecular weight excluding hydrogens is 404 g/mol. The second-order valence-corrected chi connectivity index (χ2v) is 8.43. The number of benzene rings is 2. The molecule has 32 heavy (non-hydrogen) atoms. The van der Waals surface area contributed by atoms with E-state index in [1.165, 1.54) is 5.01 Å². The average Bonchev–Trinajstić information content (AvgIpc) is 2.81. The lowest BCUT2D eigenvalue weighted by atomic mass is 10.1. The Morgan fingerprint density at radius 3 is 2.59 bits per heavy atom. The molecule has 0 unspecified atom stereocenters. The van der Waals surface area contributed by atoms with E-state index in [1.54, 1.807) is 11.9 Å². The summed E-state index contributed by atoms with van der Waals surface area (Å²) in [5.41, 5.74) is 5.37. The van der Waals surface area contributed by atoms with Gasteiger partial charge in [0.25, 0.3) is 5.91 Å². The standard InChI is InChI=1S/C25H30N4O3/c1-18-8-9-19(2)23(16-18)29-24(30)11-10-21(26-29)25(31)27(3)17-20-6-4-5-7-22(20)28-12-14-32-15-13-28/h4-9,16H,10-15,17H2,1-3H3. The van der Waals surface area contributed by atoms with Crippen molar-refractivity contribution in [2.45, 2.75) is 33.2 Å². The van der Waals surface area contributed by atoms with Gasteiger partial charge in [-0.15, -0.1) is 0 Å². The second-order valence-electron chi connectivity index (χ2n) is 8.43. The van der Waals surface area contributed by atoms with Crippen LogP contribution in [0.1, 0.15) is 29.5 Å². The number of nitrogens with zero attached hydrogens (tertiary/aromatic N) is 4. The third-order valence-electron chi connectivity index (χ3n) is 5.97. The second kappa shape index (κ2) is 9.53. The van der Waals surface area contributed by atoms with Crippen LogP contribution in [0, 0.1) is 13.8 Å². The molecule has 7 heteroatoms. The van der Waals surface area contributed by atoms with Gasteiger partial charge in [-0.05, 0) is 42.7 Å². The Kier molecular flexibility index (Phi) is 6.55. The number of hydrogen-bond donors (Lipinski definition) is 0. The van der Waals surface area contributed by atoms with Crippen LogP contribution < -0.4 is 9.91 Å². The summed E-state index contributed by atoms with van der Waals surface area (Å²) in [5, 5.41) is 5.89. The van der Waals surface area contributed by atoms with Crippen molar-refractivity contribution < 1.29 is 14.3 Å². The van der Waals surface area contributed by atoms with Gasteiger partial charge in [0.1, 0.15) is 5.71 Å². The first-order valence-electron chi connectivity index (χ1n) is 11.1. The van der Waals surface area contributed by atoms with Gasteiger partial charge in [0.2, 0.25) is 5.91 Å². The minimum Gasteiger partial charge on any atom is -0.378 e. The maximum atomic E-state index is 13.2. The van der Waals surface area contributed by atoms with Crippen molar-refractivity contribution in [2.75, 3.05) is 43.3 Å². The van der Waals surface area contributed by atoms with Gasteiger partial charge in [-0.3, -0.25) is 9.59 Å². The number of hydrogen-bond acceptors (Lipinski definition) is 5. The zero-order valence-corrected chi connectivity index (χ0v) is 19.0. The van der Waals surface area contributed by atoms with Crippen molar-refractivity contribution >= 4 is 28.9 Å². The zero-order valence-electron chi connectivity index (χ0n) is 19.0. The van der Waals surface area contributed by atoms with Crippen molar-refractivity contribution in [1.29, 1.82) is 0 Å². The van der Waals surface area contributed by atoms with Crippen LogP contribution in [0.3, 0.4) is 0 Å². The summed E-state index contributed by atoms with van der Waals surface area (Å²) in [6.45, 7) is 7.50. The monoisotopic (exact) mass is 434 g/mol. The molecule has 0 spiro atoms. The third-order valence-corrected chi connectivity index (χ3v) is 5.97. The van der Waals surface area contributed by atoms with Crippen LogP contribution in [-0.4, -0.2) is 55.8 Å². The molecule has 2 aromatic rings. The largest absolute Gasteiger partial charge is 0.378 e. The molecule has 1 saturated heterocycles. The first kappa shape index (κ1) is 22.0. The molecule has 168 valence electrons. The topological polar surface area (TPSA) is 65.5 Å². The molecule has 2 aromatic carbocycles. The Morgan fingerprint density at radius 2 is 1.81 bits per heavy atom. The lowest BCUT2D eigenvalue weighted by Crippen LogP contribution is -2.40. The van der Waals surface area contributed by atoms with Gasteiger partial charge in [-0.2, -0.15) is 5.10 Å². The highest BCUT2D eigenvalue weighted by atomic mass is 16.5. The van der Waals surface area contributed by atoms with E-state index in [4.69, 9.17) is 4.74 Å². The predicted molar refractivity (Wildman–Crippen MR) is 126 cm³/mol. The van der Waals surface area contributed by atoms with Gasteiger partial charge in [0.15, 0.2) is 0 Å². The minimum atomic E-state index is -0.149. The van der Waals surface area contributed by atoms with Crippen LogP contribution in [0.25, 0.3) is 0 Å². The summed E-state index contributed by atoms with van der Waals surface area (Å²) in [5.74, 6) is -0.236. The molecule has 0 saturated carbocycles. The number of para-hydroxylation sites is 1. The van der Waals surface area contributed by atoms with E-state index >= 15 is 0 Å². The summed E-state index contributed by atoms with van der Waals surface area (Å²) in [7, 11) is 1.79. The Hall–Kier alpha value is -3.19. The fourth-order valence-corrected chi connectivity index (χ4v) is 4.15.